The van der Waals surface area contributed by atoms with Crippen LogP contribution in [0.25, 0.3) is 0 Å². The highest BCUT2D eigenvalue weighted by molar-refractivity contribution is 7.92. The van der Waals surface area contributed by atoms with Gasteiger partial charge in [0, 0.05) is 17.1 Å². The Hall–Kier alpha value is -3.56. The van der Waals surface area contributed by atoms with Crippen LogP contribution < -0.4 is 14.4 Å². The molecule has 0 bridgehead atoms. The number of hydrogen-bond acceptors (Lipinski definition) is 5. The van der Waals surface area contributed by atoms with E-state index in [0.29, 0.717) is 17.4 Å². The lowest BCUT2D eigenvalue weighted by Gasteiger charge is -2.33. The summed E-state index contributed by atoms with van der Waals surface area (Å²) in [5, 5.41) is 3.45. The molecule has 0 aliphatic rings. The number of para-hydroxylation sites is 2. The first-order chi connectivity index (χ1) is 18.8. The average molecular weight is 586 g/mol. The molecule has 0 aliphatic heterocycles. The second kappa shape index (κ2) is 13.2. The smallest absolute Gasteiger partial charge is 0.264 e. The van der Waals surface area contributed by atoms with Gasteiger partial charge in [0.15, 0.2) is 0 Å². The molecule has 0 fully saturated rings. The topological polar surface area (TPSA) is 96.0 Å². The standard InChI is InChI=1S/C30H36ClN3O5S/c1-6-39-27-15-11-10-14-26(27)34(40(37,38)25-12-8-7-9-13-25)21-28(35)33(20-23-16-18-24(31)19-17-23)22(2)29(36)32-30(3,4)5/h7-19,22H,6,20-21H2,1-5H3,(H,32,36)/t22-/m0/s1. The first-order valence-corrected chi connectivity index (χ1v) is 14.8. The van der Waals surface area contributed by atoms with Crippen molar-refractivity contribution in [3.63, 3.8) is 0 Å². The van der Waals surface area contributed by atoms with Crippen LogP contribution in [0.5, 0.6) is 5.75 Å². The van der Waals surface area contributed by atoms with Crippen molar-refractivity contribution in [3.05, 3.63) is 89.4 Å². The third kappa shape index (κ3) is 7.99. The lowest BCUT2D eigenvalue weighted by molar-refractivity contribution is -0.140. The van der Waals surface area contributed by atoms with Gasteiger partial charge in [-0.15, -0.1) is 0 Å². The number of ether oxygens (including phenoxy) is 1. The quantitative estimate of drug-likeness (QED) is 0.331. The molecule has 0 saturated carbocycles. The summed E-state index contributed by atoms with van der Waals surface area (Å²) in [6, 6.07) is 20.6. The largest absolute Gasteiger partial charge is 0.492 e. The average Bonchev–Trinajstić information content (AvgIpc) is 2.91. The number of nitrogens with one attached hydrogen (secondary N) is 1. The van der Waals surface area contributed by atoms with E-state index in [1.807, 2.05) is 20.8 Å². The van der Waals surface area contributed by atoms with Gasteiger partial charge < -0.3 is 15.0 Å². The molecular weight excluding hydrogens is 550 g/mol. The SMILES string of the molecule is CCOc1ccccc1N(CC(=O)N(Cc1ccc(Cl)cc1)[C@@H](C)C(=O)NC(C)(C)C)S(=O)(=O)c1ccccc1. The fraction of sp³-hybridized carbons (Fsp3) is 0.333. The van der Waals surface area contributed by atoms with Crippen molar-refractivity contribution in [2.24, 2.45) is 0 Å². The van der Waals surface area contributed by atoms with Crippen LogP contribution in [0.1, 0.15) is 40.2 Å². The molecule has 3 aromatic rings. The van der Waals surface area contributed by atoms with Gasteiger partial charge in [-0.25, -0.2) is 8.42 Å². The van der Waals surface area contributed by atoms with Crippen molar-refractivity contribution in [1.29, 1.82) is 0 Å². The van der Waals surface area contributed by atoms with Gasteiger partial charge in [-0.05, 0) is 76.6 Å². The molecule has 1 atom stereocenters. The van der Waals surface area contributed by atoms with E-state index in [1.165, 1.54) is 17.0 Å². The minimum atomic E-state index is -4.19. The van der Waals surface area contributed by atoms with Gasteiger partial charge in [0.05, 0.1) is 17.2 Å². The maximum absolute atomic E-state index is 14.0. The first-order valence-electron chi connectivity index (χ1n) is 13.0. The zero-order valence-corrected chi connectivity index (χ0v) is 25.0. The van der Waals surface area contributed by atoms with Gasteiger partial charge in [-0.3, -0.25) is 13.9 Å². The highest BCUT2D eigenvalue weighted by atomic mass is 35.5. The van der Waals surface area contributed by atoms with Crippen molar-refractivity contribution in [1.82, 2.24) is 10.2 Å². The molecule has 0 radical (unpaired) electrons. The molecule has 1 N–H and O–H groups in total. The third-order valence-electron chi connectivity index (χ3n) is 5.98. The zero-order valence-electron chi connectivity index (χ0n) is 23.4. The number of carbonyl (C=O) groups excluding carboxylic acids is 2. The molecule has 2 amide bonds. The first kappa shape index (κ1) is 31.0. The fourth-order valence-electron chi connectivity index (χ4n) is 4.02. The highest BCUT2D eigenvalue weighted by Crippen LogP contribution is 2.33. The lowest BCUT2D eigenvalue weighted by Crippen LogP contribution is -2.54. The number of hydrogen-bond donors (Lipinski definition) is 1. The molecule has 0 aromatic heterocycles. The summed E-state index contributed by atoms with van der Waals surface area (Å²) < 4.78 is 34.7. The van der Waals surface area contributed by atoms with Crippen molar-refractivity contribution in [3.8, 4) is 5.75 Å². The van der Waals surface area contributed by atoms with Gasteiger partial charge in [-0.2, -0.15) is 0 Å². The summed E-state index contributed by atoms with van der Waals surface area (Å²) in [4.78, 5) is 28.6. The number of benzene rings is 3. The molecule has 0 heterocycles. The lowest BCUT2D eigenvalue weighted by atomic mass is 10.1. The van der Waals surface area contributed by atoms with Crippen LogP contribution in [-0.2, 0) is 26.2 Å². The van der Waals surface area contributed by atoms with Gasteiger partial charge >= 0.3 is 0 Å². The number of halogens is 1. The molecular formula is C30H36ClN3O5S. The number of rotatable bonds is 11. The van der Waals surface area contributed by atoms with Gasteiger partial charge in [0.25, 0.3) is 10.0 Å². The minimum absolute atomic E-state index is 0.0249. The van der Waals surface area contributed by atoms with E-state index in [2.05, 4.69) is 5.32 Å². The number of carbonyl (C=O) groups is 2. The van der Waals surface area contributed by atoms with E-state index in [1.54, 1.807) is 80.6 Å². The number of anilines is 1. The summed E-state index contributed by atoms with van der Waals surface area (Å²) in [5.41, 5.74) is 0.430. The zero-order chi connectivity index (χ0) is 29.5. The van der Waals surface area contributed by atoms with E-state index in [4.69, 9.17) is 16.3 Å². The Labute approximate surface area is 241 Å². The van der Waals surface area contributed by atoms with E-state index in [-0.39, 0.29) is 23.0 Å². The van der Waals surface area contributed by atoms with E-state index in [9.17, 15) is 18.0 Å². The van der Waals surface area contributed by atoms with Crippen LogP contribution in [0, 0.1) is 0 Å². The number of nitrogens with zero attached hydrogens (tertiary/aromatic N) is 2. The molecule has 0 aliphatic carbocycles. The van der Waals surface area contributed by atoms with Crippen LogP contribution in [0.3, 0.4) is 0 Å². The van der Waals surface area contributed by atoms with Crippen LogP contribution in [0.15, 0.2) is 83.8 Å². The monoisotopic (exact) mass is 585 g/mol. The maximum atomic E-state index is 14.0. The Morgan fingerprint density at radius 1 is 0.950 bits per heavy atom. The number of sulfonamides is 1. The fourth-order valence-corrected chi connectivity index (χ4v) is 5.59. The third-order valence-corrected chi connectivity index (χ3v) is 8.00. The second-order valence-electron chi connectivity index (χ2n) is 10.3. The molecule has 8 nitrogen and oxygen atoms in total. The molecule has 10 heteroatoms. The Balaban J connectivity index is 2.07. The van der Waals surface area contributed by atoms with Crippen molar-refractivity contribution in [2.45, 2.75) is 57.6 Å². The van der Waals surface area contributed by atoms with Crippen LogP contribution in [0.4, 0.5) is 5.69 Å². The summed E-state index contributed by atoms with van der Waals surface area (Å²) >= 11 is 6.05. The normalized spacial score (nSPS) is 12.3. The molecule has 0 unspecified atom stereocenters. The predicted molar refractivity (Wildman–Crippen MR) is 158 cm³/mol. The van der Waals surface area contributed by atoms with Crippen LogP contribution >= 0.6 is 11.6 Å². The summed E-state index contributed by atoms with van der Waals surface area (Å²) in [7, 11) is -4.19. The second-order valence-corrected chi connectivity index (χ2v) is 12.6. The van der Waals surface area contributed by atoms with Crippen LogP contribution in [0.2, 0.25) is 5.02 Å². The molecule has 0 saturated heterocycles. The Morgan fingerprint density at radius 3 is 2.15 bits per heavy atom. The maximum Gasteiger partial charge on any atom is 0.264 e. The highest BCUT2D eigenvalue weighted by Gasteiger charge is 2.34. The van der Waals surface area contributed by atoms with Crippen LogP contribution in [-0.4, -0.2) is 49.9 Å². The van der Waals surface area contributed by atoms with Crippen molar-refractivity contribution >= 4 is 39.1 Å². The van der Waals surface area contributed by atoms with Gasteiger partial charge in [-0.1, -0.05) is 54.1 Å². The van der Waals surface area contributed by atoms with E-state index < -0.39 is 34.1 Å². The summed E-state index contributed by atoms with van der Waals surface area (Å²) in [6.45, 7) is 8.78. The summed E-state index contributed by atoms with van der Waals surface area (Å²) in [6.07, 6.45) is 0. The van der Waals surface area contributed by atoms with E-state index >= 15 is 0 Å². The molecule has 0 spiro atoms. The Bertz CT molecular complexity index is 1410. The molecule has 214 valence electrons. The van der Waals surface area contributed by atoms with Crippen molar-refractivity contribution in [2.75, 3.05) is 17.5 Å². The number of amides is 2. The molecule has 3 aromatic carbocycles. The molecule has 3 rings (SSSR count). The Morgan fingerprint density at radius 2 is 1.55 bits per heavy atom. The molecule has 40 heavy (non-hydrogen) atoms. The Kier molecular flexibility index (Phi) is 10.2. The minimum Gasteiger partial charge on any atom is -0.492 e. The van der Waals surface area contributed by atoms with E-state index in [0.717, 1.165) is 9.87 Å². The van der Waals surface area contributed by atoms with Gasteiger partial charge in [0.2, 0.25) is 11.8 Å². The predicted octanol–water partition coefficient (Wildman–Crippen LogP) is 5.27. The van der Waals surface area contributed by atoms with Crippen molar-refractivity contribution < 1.29 is 22.7 Å². The van der Waals surface area contributed by atoms with Gasteiger partial charge in [0.1, 0.15) is 18.3 Å². The summed E-state index contributed by atoms with van der Waals surface area (Å²) in [5.74, 6) is -0.598.